The maximum atomic E-state index is 3.52. The molecule has 1 nitrogen and oxygen atoms in total. The Hall–Kier alpha value is 0.310. The van der Waals surface area contributed by atoms with Crippen LogP contribution in [0.1, 0.15) is 13.3 Å². The Kier molecular flexibility index (Phi) is 2.64. The van der Waals surface area contributed by atoms with Gasteiger partial charge in [0.05, 0.1) is 0 Å². The van der Waals surface area contributed by atoms with Crippen molar-refractivity contribution in [2.75, 3.05) is 30.7 Å². The van der Waals surface area contributed by atoms with Gasteiger partial charge in [0, 0.05) is 5.88 Å². The van der Waals surface area contributed by atoms with Crippen LogP contribution in [0.15, 0.2) is 0 Å². The second-order valence-electron chi connectivity index (χ2n) is 3.96. The Morgan fingerprint density at radius 1 is 1.40 bits per heavy atom. The summed E-state index contributed by atoms with van der Waals surface area (Å²) in [7, 11) is -0.263. The van der Waals surface area contributed by atoms with E-state index in [1.54, 1.807) is 0 Å². The molecule has 10 heavy (non-hydrogen) atoms. The maximum Gasteiger partial charge on any atom is 0.0257 e. The zero-order valence-corrected chi connectivity index (χ0v) is 8.13. The minimum absolute atomic E-state index is 0.263. The largest absolute Gasteiger partial charge is 0.309 e. The molecule has 62 valence electrons. The van der Waals surface area contributed by atoms with Crippen molar-refractivity contribution < 1.29 is 0 Å². The van der Waals surface area contributed by atoms with Crippen LogP contribution in [0.4, 0.5) is 0 Å². The fourth-order valence-electron chi connectivity index (χ4n) is 1.28. The monoisotopic (exact) mass is 161 g/mol. The lowest BCUT2D eigenvalue weighted by Gasteiger charge is -2.28. The summed E-state index contributed by atoms with van der Waals surface area (Å²) in [6, 6.07) is 0. The highest BCUT2D eigenvalue weighted by Gasteiger charge is 2.16. The van der Waals surface area contributed by atoms with E-state index in [1.807, 2.05) is 0 Å². The highest BCUT2D eigenvalue weighted by Crippen LogP contribution is 2.40. The summed E-state index contributed by atoms with van der Waals surface area (Å²) < 4.78 is 0. The Balaban J connectivity index is 2.41. The van der Waals surface area contributed by atoms with E-state index >= 15 is 0 Å². The van der Waals surface area contributed by atoms with Gasteiger partial charge < -0.3 is 5.32 Å². The lowest BCUT2D eigenvalue weighted by Crippen LogP contribution is -2.21. The minimum atomic E-state index is -0.263. The van der Waals surface area contributed by atoms with Gasteiger partial charge in [0.25, 0.3) is 0 Å². The van der Waals surface area contributed by atoms with Crippen LogP contribution in [0, 0.1) is 5.92 Å². The van der Waals surface area contributed by atoms with Crippen LogP contribution in [0.3, 0.4) is 0 Å². The van der Waals surface area contributed by atoms with Crippen molar-refractivity contribution in [3.8, 4) is 0 Å². The lowest BCUT2D eigenvalue weighted by atomic mass is 10.1. The number of hydrogen-bond acceptors (Lipinski definition) is 1. The molecule has 1 N–H and O–H groups in total. The lowest BCUT2D eigenvalue weighted by molar-refractivity contribution is 0.537. The molecule has 1 rings (SSSR count). The van der Waals surface area contributed by atoms with Crippen LogP contribution in [-0.4, -0.2) is 30.7 Å². The number of hydrogen-bond donors (Lipinski definition) is 1. The first-order valence-electron chi connectivity index (χ1n) is 3.99. The molecule has 0 saturated carbocycles. The molecule has 0 aromatic heterocycles. The van der Waals surface area contributed by atoms with Gasteiger partial charge in [-0.2, -0.15) is 0 Å². The second-order valence-corrected chi connectivity index (χ2v) is 8.19. The normalized spacial score (nSPS) is 36.5. The zero-order chi connectivity index (χ0) is 7.61. The van der Waals surface area contributed by atoms with Crippen molar-refractivity contribution in [2.45, 2.75) is 13.3 Å². The molecule has 1 unspecified atom stereocenters. The molecule has 0 aromatic carbocycles. The molecule has 0 spiro atoms. The van der Waals surface area contributed by atoms with E-state index in [9.17, 15) is 0 Å². The third-order valence-corrected chi connectivity index (χ3v) is 4.48. The molecule has 1 atom stereocenters. The SMILES string of the molecule is CC1CCS(C)(C)CNC1. The van der Waals surface area contributed by atoms with Crippen molar-refractivity contribution >= 4 is 10.0 Å². The predicted octanol–water partition coefficient (Wildman–Crippen LogP) is 1.64. The molecule has 1 aliphatic heterocycles. The summed E-state index contributed by atoms with van der Waals surface area (Å²) in [5.74, 6) is 3.63. The van der Waals surface area contributed by atoms with Crippen LogP contribution >= 0.6 is 10.0 Å². The first kappa shape index (κ1) is 8.41. The van der Waals surface area contributed by atoms with E-state index < -0.39 is 0 Å². The molecular formula is C8H19NS. The Morgan fingerprint density at radius 2 is 2.10 bits per heavy atom. The Bertz CT molecular complexity index is 112. The standard InChI is InChI=1S/C8H19NS/c1-8-4-5-10(2,3)7-9-6-8/h8-9H,4-7H2,1-3H3. The topological polar surface area (TPSA) is 12.0 Å². The van der Waals surface area contributed by atoms with E-state index in [0.29, 0.717) is 0 Å². The fourth-order valence-corrected chi connectivity index (χ4v) is 3.13. The van der Waals surface area contributed by atoms with Gasteiger partial charge in [-0.05, 0) is 37.1 Å². The summed E-state index contributed by atoms with van der Waals surface area (Å²) >= 11 is 0. The molecule has 1 aliphatic rings. The zero-order valence-electron chi connectivity index (χ0n) is 7.31. The van der Waals surface area contributed by atoms with Crippen LogP contribution in [0.5, 0.6) is 0 Å². The van der Waals surface area contributed by atoms with Gasteiger partial charge in [-0.1, -0.05) is 6.92 Å². The fraction of sp³-hybridized carbons (Fsp3) is 1.00. The van der Waals surface area contributed by atoms with Gasteiger partial charge in [-0.15, -0.1) is 0 Å². The molecule has 0 radical (unpaired) electrons. The second kappa shape index (κ2) is 3.14. The van der Waals surface area contributed by atoms with Crippen molar-refractivity contribution in [3.63, 3.8) is 0 Å². The van der Waals surface area contributed by atoms with Crippen molar-refractivity contribution in [1.82, 2.24) is 5.32 Å². The molecule has 0 aliphatic carbocycles. The van der Waals surface area contributed by atoms with Crippen LogP contribution in [0.25, 0.3) is 0 Å². The van der Waals surface area contributed by atoms with Gasteiger partial charge in [-0.25, -0.2) is 10.0 Å². The Labute approximate surface area is 65.9 Å². The minimum Gasteiger partial charge on any atom is -0.309 e. The van der Waals surface area contributed by atoms with Gasteiger partial charge >= 0.3 is 0 Å². The smallest absolute Gasteiger partial charge is 0.0257 e. The van der Waals surface area contributed by atoms with Crippen LogP contribution < -0.4 is 5.32 Å². The van der Waals surface area contributed by atoms with E-state index in [1.165, 1.54) is 24.6 Å². The average molecular weight is 161 g/mol. The van der Waals surface area contributed by atoms with Gasteiger partial charge in [-0.3, -0.25) is 0 Å². The summed E-state index contributed by atoms with van der Waals surface area (Å²) in [4.78, 5) is 0. The summed E-state index contributed by atoms with van der Waals surface area (Å²) in [5.41, 5.74) is 0. The van der Waals surface area contributed by atoms with Crippen LogP contribution in [-0.2, 0) is 0 Å². The highest BCUT2D eigenvalue weighted by molar-refractivity contribution is 8.32. The first-order chi connectivity index (χ1) is 4.60. The van der Waals surface area contributed by atoms with Gasteiger partial charge in [0.15, 0.2) is 0 Å². The van der Waals surface area contributed by atoms with Gasteiger partial charge in [0.1, 0.15) is 0 Å². The molecule has 0 bridgehead atoms. The Morgan fingerprint density at radius 3 is 2.80 bits per heavy atom. The van der Waals surface area contributed by atoms with Gasteiger partial charge in [0.2, 0.25) is 0 Å². The van der Waals surface area contributed by atoms with E-state index in [2.05, 4.69) is 24.8 Å². The number of nitrogens with one attached hydrogen (secondary N) is 1. The highest BCUT2D eigenvalue weighted by atomic mass is 32.3. The maximum absolute atomic E-state index is 3.52. The van der Waals surface area contributed by atoms with E-state index in [4.69, 9.17) is 0 Å². The molecular weight excluding hydrogens is 142 g/mol. The molecule has 1 saturated heterocycles. The summed E-state index contributed by atoms with van der Waals surface area (Å²) in [5, 5.41) is 3.52. The third kappa shape index (κ3) is 2.51. The average Bonchev–Trinajstić information content (AvgIpc) is 1.94. The van der Waals surface area contributed by atoms with Crippen molar-refractivity contribution in [3.05, 3.63) is 0 Å². The molecule has 0 aromatic rings. The molecule has 1 fully saturated rings. The molecule has 0 amide bonds. The van der Waals surface area contributed by atoms with E-state index in [0.717, 1.165) is 5.92 Å². The first-order valence-corrected chi connectivity index (χ1v) is 6.78. The van der Waals surface area contributed by atoms with E-state index in [-0.39, 0.29) is 10.0 Å². The molecule has 1 heterocycles. The third-order valence-electron chi connectivity index (χ3n) is 2.15. The quantitative estimate of drug-likeness (QED) is 0.569. The van der Waals surface area contributed by atoms with Crippen molar-refractivity contribution in [2.24, 2.45) is 5.92 Å². The number of rotatable bonds is 0. The van der Waals surface area contributed by atoms with Crippen molar-refractivity contribution in [1.29, 1.82) is 0 Å². The van der Waals surface area contributed by atoms with Crippen LogP contribution in [0.2, 0.25) is 0 Å². The summed E-state index contributed by atoms with van der Waals surface area (Å²) in [6.07, 6.45) is 6.28. The summed E-state index contributed by atoms with van der Waals surface area (Å²) in [6.45, 7) is 3.57. The molecule has 2 heteroatoms. The predicted molar refractivity (Wildman–Crippen MR) is 51.0 cm³/mol.